The summed E-state index contributed by atoms with van der Waals surface area (Å²) in [6.07, 6.45) is 0. The van der Waals surface area contributed by atoms with Gasteiger partial charge in [-0.1, -0.05) is 42.5 Å². The first-order valence-electron chi connectivity index (χ1n) is 8.21. The van der Waals surface area contributed by atoms with E-state index in [1.54, 1.807) is 12.1 Å². The van der Waals surface area contributed by atoms with Gasteiger partial charge in [0.15, 0.2) is 0 Å². The summed E-state index contributed by atoms with van der Waals surface area (Å²) < 4.78 is 14.5. The van der Waals surface area contributed by atoms with Crippen LogP contribution in [0, 0.1) is 5.82 Å². The lowest BCUT2D eigenvalue weighted by Gasteiger charge is -2.14. The van der Waals surface area contributed by atoms with Gasteiger partial charge in [-0.2, -0.15) is 5.10 Å². The number of carbonyl (C=O) groups excluding carboxylic acids is 1. The summed E-state index contributed by atoms with van der Waals surface area (Å²) in [7, 11) is 0. The number of halogens is 1. The maximum absolute atomic E-state index is 13.3. The van der Waals surface area contributed by atoms with Gasteiger partial charge in [-0.3, -0.25) is 9.59 Å². The molecule has 1 heterocycles. The molecule has 1 atom stereocenters. The van der Waals surface area contributed by atoms with Crippen LogP contribution in [0.3, 0.4) is 0 Å². The van der Waals surface area contributed by atoms with E-state index in [9.17, 15) is 14.0 Å². The molecule has 5 nitrogen and oxygen atoms in total. The third-order valence-electron chi connectivity index (χ3n) is 3.97. The van der Waals surface area contributed by atoms with Gasteiger partial charge in [0.05, 0.1) is 12.6 Å². The molecule has 0 radical (unpaired) electrons. The number of benzene rings is 2. The molecule has 1 N–H and O–H groups in total. The lowest BCUT2D eigenvalue weighted by molar-refractivity contribution is 0.0932. The van der Waals surface area contributed by atoms with Crippen LogP contribution in [-0.2, 0) is 6.54 Å². The van der Waals surface area contributed by atoms with E-state index in [-0.39, 0.29) is 35.6 Å². The molecule has 1 amide bonds. The maximum Gasteiger partial charge on any atom is 0.272 e. The molecule has 0 bridgehead atoms. The van der Waals surface area contributed by atoms with E-state index in [1.165, 1.54) is 24.3 Å². The standard InChI is InChI=1S/C20H18FN3O2/c1-14(16-7-3-2-4-8-16)22-20(26)18-10-11-19(25)24(23-18)13-15-6-5-9-17(21)12-15/h2-12,14H,13H2,1H3,(H,22,26)/t14-/m1/s1. The summed E-state index contributed by atoms with van der Waals surface area (Å²) in [4.78, 5) is 24.5. The fourth-order valence-corrected chi connectivity index (χ4v) is 2.59. The van der Waals surface area contributed by atoms with Gasteiger partial charge in [0.2, 0.25) is 0 Å². The Kier molecular flexibility index (Phi) is 5.22. The summed E-state index contributed by atoms with van der Waals surface area (Å²) >= 11 is 0. The third-order valence-corrected chi connectivity index (χ3v) is 3.97. The van der Waals surface area contributed by atoms with E-state index in [2.05, 4.69) is 10.4 Å². The van der Waals surface area contributed by atoms with Crippen LogP contribution in [0.5, 0.6) is 0 Å². The second kappa shape index (κ2) is 7.74. The van der Waals surface area contributed by atoms with Crippen molar-refractivity contribution in [1.29, 1.82) is 0 Å². The molecule has 6 heteroatoms. The predicted molar refractivity (Wildman–Crippen MR) is 96.3 cm³/mol. The van der Waals surface area contributed by atoms with Crippen molar-refractivity contribution in [2.45, 2.75) is 19.5 Å². The first-order valence-corrected chi connectivity index (χ1v) is 8.21. The fourth-order valence-electron chi connectivity index (χ4n) is 2.59. The van der Waals surface area contributed by atoms with Crippen LogP contribution in [-0.4, -0.2) is 15.7 Å². The van der Waals surface area contributed by atoms with E-state index in [0.29, 0.717) is 5.56 Å². The van der Waals surface area contributed by atoms with E-state index in [1.807, 2.05) is 37.3 Å². The van der Waals surface area contributed by atoms with E-state index in [4.69, 9.17) is 0 Å². The Morgan fingerprint density at radius 1 is 1.12 bits per heavy atom. The van der Waals surface area contributed by atoms with Gasteiger partial charge in [0.25, 0.3) is 11.5 Å². The molecule has 0 spiro atoms. The second-order valence-electron chi connectivity index (χ2n) is 5.95. The smallest absolute Gasteiger partial charge is 0.272 e. The van der Waals surface area contributed by atoms with Crippen LogP contribution in [0.15, 0.2) is 71.5 Å². The molecule has 0 unspecified atom stereocenters. The Morgan fingerprint density at radius 2 is 1.88 bits per heavy atom. The summed E-state index contributed by atoms with van der Waals surface area (Å²) in [6, 6.07) is 17.9. The Morgan fingerprint density at radius 3 is 2.62 bits per heavy atom. The summed E-state index contributed by atoms with van der Waals surface area (Å²) in [5.41, 5.74) is 1.33. The molecule has 26 heavy (non-hydrogen) atoms. The molecular weight excluding hydrogens is 333 g/mol. The minimum absolute atomic E-state index is 0.0892. The van der Waals surface area contributed by atoms with Gasteiger partial charge in [-0.25, -0.2) is 9.07 Å². The monoisotopic (exact) mass is 351 g/mol. The molecule has 0 fully saturated rings. The fraction of sp³-hybridized carbons (Fsp3) is 0.150. The Bertz CT molecular complexity index is 970. The first-order chi connectivity index (χ1) is 12.5. The minimum Gasteiger partial charge on any atom is -0.344 e. The van der Waals surface area contributed by atoms with Crippen molar-refractivity contribution in [3.8, 4) is 0 Å². The minimum atomic E-state index is -0.388. The average molecular weight is 351 g/mol. The summed E-state index contributed by atoms with van der Waals surface area (Å²) in [6.45, 7) is 1.96. The van der Waals surface area contributed by atoms with Crippen molar-refractivity contribution in [2.24, 2.45) is 0 Å². The Hall–Kier alpha value is -3.28. The van der Waals surface area contributed by atoms with Crippen LogP contribution in [0.1, 0.15) is 34.6 Å². The summed E-state index contributed by atoms with van der Waals surface area (Å²) in [5.74, 6) is -0.768. The average Bonchev–Trinajstić information content (AvgIpc) is 2.64. The van der Waals surface area contributed by atoms with Crippen LogP contribution < -0.4 is 10.9 Å². The number of nitrogens with one attached hydrogen (secondary N) is 1. The largest absolute Gasteiger partial charge is 0.344 e. The normalized spacial score (nSPS) is 11.8. The van der Waals surface area contributed by atoms with Gasteiger partial charge in [0, 0.05) is 6.07 Å². The second-order valence-corrected chi connectivity index (χ2v) is 5.95. The third kappa shape index (κ3) is 4.22. The van der Waals surface area contributed by atoms with E-state index >= 15 is 0 Å². The molecule has 3 rings (SSSR count). The number of hydrogen-bond acceptors (Lipinski definition) is 3. The Balaban J connectivity index is 1.78. The van der Waals surface area contributed by atoms with E-state index in [0.717, 1.165) is 10.2 Å². The topological polar surface area (TPSA) is 64.0 Å². The molecule has 0 saturated carbocycles. The molecule has 3 aromatic rings. The van der Waals surface area contributed by atoms with Crippen molar-refractivity contribution >= 4 is 5.91 Å². The van der Waals surface area contributed by atoms with Crippen LogP contribution >= 0.6 is 0 Å². The zero-order valence-electron chi connectivity index (χ0n) is 14.2. The molecule has 1 aromatic heterocycles. The number of nitrogens with zero attached hydrogens (tertiary/aromatic N) is 2. The van der Waals surface area contributed by atoms with Crippen LogP contribution in [0.2, 0.25) is 0 Å². The molecular formula is C20H18FN3O2. The predicted octanol–water partition coefficient (Wildman–Crippen LogP) is 2.92. The van der Waals surface area contributed by atoms with Crippen molar-refractivity contribution < 1.29 is 9.18 Å². The highest BCUT2D eigenvalue weighted by atomic mass is 19.1. The molecule has 132 valence electrons. The molecule has 0 aliphatic heterocycles. The number of carbonyl (C=O) groups is 1. The van der Waals surface area contributed by atoms with E-state index < -0.39 is 0 Å². The highest BCUT2D eigenvalue weighted by Gasteiger charge is 2.14. The lowest BCUT2D eigenvalue weighted by Crippen LogP contribution is -2.31. The number of amides is 1. The first kappa shape index (κ1) is 17.5. The number of aromatic nitrogens is 2. The summed E-state index contributed by atoms with van der Waals surface area (Å²) in [5, 5.41) is 6.97. The van der Waals surface area contributed by atoms with Gasteiger partial charge in [-0.05, 0) is 36.2 Å². The zero-order valence-corrected chi connectivity index (χ0v) is 14.2. The van der Waals surface area contributed by atoms with Gasteiger partial charge in [0.1, 0.15) is 11.5 Å². The zero-order chi connectivity index (χ0) is 18.5. The molecule has 0 saturated heterocycles. The maximum atomic E-state index is 13.3. The van der Waals surface area contributed by atoms with Crippen molar-refractivity contribution in [3.63, 3.8) is 0 Å². The van der Waals surface area contributed by atoms with Gasteiger partial charge < -0.3 is 5.32 Å². The van der Waals surface area contributed by atoms with Gasteiger partial charge in [-0.15, -0.1) is 0 Å². The Labute approximate surface area is 150 Å². The molecule has 0 aliphatic carbocycles. The number of rotatable bonds is 5. The van der Waals surface area contributed by atoms with Crippen LogP contribution in [0.4, 0.5) is 4.39 Å². The van der Waals surface area contributed by atoms with Crippen molar-refractivity contribution in [1.82, 2.24) is 15.1 Å². The SMILES string of the molecule is C[C@@H](NC(=O)c1ccc(=O)n(Cc2cccc(F)c2)n1)c1ccccc1. The number of hydrogen-bond donors (Lipinski definition) is 1. The van der Waals surface area contributed by atoms with Crippen molar-refractivity contribution in [2.75, 3.05) is 0 Å². The van der Waals surface area contributed by atoms with Crippen LogP contribution in [0.25, 0.3) is 0 Å². The van der Waals surface area contributed by atoms with Crippen molar-refractivity contribution in [3.05, 3.63) is 99.7 Å². The molecule has 0 aliphatic rings. The highest BCUT2D eigenvalue weighted by Crippen LogP contribution is 2.11. The quantitative estimate of drug-likeness (QED) is 0.769. The molecule has 2 aromatic carbocycles. The lowest BCUT2D eigenvalue weighted by atomic mass is 10.1. The highest BCUT2D eigenvalue weighted by molar-refractivity contribution is 5.92. The van der Waals surface area contributed by atoms with Gasteiger partial charge >= 0.3 is 0 Å².